The van der Waals surface area contributed by atoms with Gasteiger partial charge in [-0.15, -0.1) is 0 Å². The summed E-state index contributed by atoms with van der Waals surface area (Å²) in [6.45, 7) is 2.22. The fraction of sp³-hybridized carbons (Fsp3) is 0.417. The lowest BCUT2D eigenvalue weighted by atomic mass is 9.97. The Morgan fingerprint density at radius 3 is 3.08 bits per heavy atom. The van der Waals surface area contributed by atoms with Crippen LogP contribution >= 0.6 is 0 Å². The second-order valence-electron chi connectivity index (χ2n) is 3.63. The second-order valence-corrected chi connectivity index (χ2v) is 3.63. The van der Waals surface area contributed by atoms with Crippen LogP contribution in [0.25, 0.3) is 0 Å². The molecule has 0 aliphatic heterocycles. The Kier molecular flexibility index (Phi) is 2.06. The third-order valence-corrected chi connectivity index (χ3v) is 3.01. The van der Waals surface area contributed by atoms with Crippen LogP contribution in [0, 0.1) is 11.3 Å². The first-order valence-corrected chi connectivity index (χ1v) is 4.88. The number of nitrogens with zero attached hydrogens (tertiary/aromatic N) is 1. The van der Waals surface area contributed by atoms with E-state index in [4.69, 9.17) is 5.26 Å². The predicted octanol–water partition coefficient (Wildman–Crippen LogP) is 3.00. The van der Waals surface area contributed by atoms with Crippen molar-refractivity contribution in [3.8, 4) is 6.07 Å². The zero-order chi connectivity index (χ0) is 9.26. The van der Waals surface area contributed by atoms with E-state index >= 15 is 0 Å². The molecular formula is C12H13N. The monoisotopic (exact) mass is 171 g/mol. The normalized spacial score (nSPS) is 19.5. The van der Waals surface area contributed by atoms with Crippen LogP contribution in [0.2, 0.25) is 0 Å². The zero-order valence-corrected chi connectivity index (χ0v) is 7.88. The van der Waals surface area contributed by atoms with Crippen molar-refractivity contribution in [1.29, 1.82) is 5.26 Å². The SMILES string of the molecule is CCC1CCc2c(C#N)cccc21. The summed E-state index contributed by atoms with van der Waals surface area (Å²) in [5, 5.41) is 8.91. The number of rotatable bonds is 1. The fourth-order valence-corrected chi connectivity index (χ4v) is 2.27. The van der Waals surface area contributed by atoms with Gasteiger partial charge >= 0.3 is 0 Å². The van der Waals surface area contributed by atoms with E-state index in [9.17, 15) is 0 Å². The van der Waals surface area contributed by atoms with Crippen LogP contribution in [0.1, 0.15) is 42.4 Å². The highest BCUT2D eigenvalue weighted by Crippen LogP contribution is 2.36. The molecule has 1 aromatic carbocycles. The van der Waals surface area contributed by atoms with Gasteiger partial charge in [-0.2, -0.15) is 5.26 Å². The van der Waals surface area contributed by atoms with E-state index in [1.54, 1.807) is 0 Å². The molecule has 1 nitrogen and oxygen atoms in total. The molecule has 0 fully saturated rings. The first-order valence-electron chi connectivity index (χ1n) is 4.88. The maximum atomic E-state index is 8.91. The van der Waals surface area contributed by atoms with Gasteiger partial charge in [0.25, 0.3) is 0 Å². The predicted molar refractivity (Wildman–Crippen MR) is 52.5 cm³/mol. The lowest BCUT2D eigenvalue weighted by Gasteiger charge is -2.07. The second kappa shape index (κ2) is 3.22. The van der Waals surface area contributed by atoms with Crippen LogP contribution in [0.4, 0.5) is 0 Å². The highest BCUT2D eigenvalue weighted by atomic mass is 14.3. The summed E-state index contributed by atoms with van der Waals surface area (Å²) in [7, 11) is 0. The average molecular weight is 171 g/mol. The molecule has 1 atom stereocenters. The van der Waals surface area contributed by atoms with E-state index in [0.717, 1.165) is 12.0 Å². The van der Waals surface area contributed by atoms with Gasteiger partial charge in [-0.1, -0.05) is 19.1 Å². The molecule has 13 heavy (non-hydrogen) atoms. The first kappa shape index (κ1) is 8.31. The Bertz CT molecular complexity index is 360. The lowest BCUT2D eigenvalue weighted by molar-refractivity contribution is 0.656. The smallest absolute Gasteiger partial charge is 0.0994 e. The van der Waals surface area contributed by atoms with Gasteiger partial charge in [0.2, 0.25) is 0 Å². The van der Waals surface area contributed by atoms with Crippen molar-refractivity contribution in [1.82, 2.24) is 0 Å². The summed E-state index contributed by atoms with van der Waals surface area (Å²) in [6.07, 6.45) is 3.52. The lowest BCUT2D eigenvalue weighted by Crippen LogP contribution is -1.91. The van der Waals surface area contributed by atoms with Crippen molar-refractivity contribution in [2.75, 3.05) is 0 Å². The highest BCUT2D eigenvalue weighted by molar-refractivity contribution is 5.46. The Morgan fingerprint density at radius 1 is 1.54 bits per heavy atom. The molecule has 66 valence electrons. The van der Waals surface area contributed by atoms with Crippen LogP contribution in [0.5, 0.6) is 0 Å². The molecule has 0 N–H and O–H groups in total. The van der Waals surface area contributed by atoms with Crippen molar-refractivity contribution < 1.29 is 0 Å². The van der Waals surface area contributed by atoms with Crippen LogP contribution in [0.15, 0.2) is 18.2 Å². The summed E-state index contributed by atoms with van der Waals surface area (Å²) in [5.74, 6) is 0.697. The molecule has 0 heterocycles. The first-order chi connectivity index (χ1) is 6.36. The molecule has 1 aliphatic rings. The van der Waals surface area contributed by atoms with Gasteiger partial charge in [0.15, 0.2) is 0 Å². The van der Waals surface area contributed by atoms with Crippen LogP contribution in [-0.4, -0.2) is 0 Å². The average Bonchev–Trinajstić information content (AvgIpc) is 2.60. The summed E-state index contributed by atoms with van der Waals surface area (Å²) in [6, 6.07) is 8.38. The van der Waals surface area contributed by atoms with Crippen molar-refractivity contribution in [2.45, 2.75) is 32.1 Å². The van der Waals surface area contributed by atoms with Crippen LogP contribution in [0.3, 0.4) is 0 Å². The minimum atomic E-state index is 0.697. The third kappa shape index (κ3) is 1.23. The molecule has 1 heteroatoms. The van der Waals surface area contributed by atoms with E-state index in [-0.39, 0.29) is 0 Å². The maximum absolute atomic E-state index is 8.91. The van der Waals surface area contributed by atoms with Gasteiger partial charge in [0.1, 0.15) is 0 Å². The molecule has 1 aromatic rings. The molecule has 0 aromatic heterocycles. The van der Waals surface area contributed by atoms with E-state index < -0.39 is 0 Å². The van der Waals surface area contributed by atoms with Crippen molar-refractivity contribution >= 4 is 0 Å². The molecule has 0 amide bonds. The van der Waals surface area contributed by atoms with E-state index in [1.165, 1.54) is 24.0 Å². The minimum absolute atomic E-state index is 0.697. The van der Waals surface area contributed by atoms with Gasteiger partial charge < -0.3 is 0 Å². The van der Waals surface area contributed by atoms with Gasteiger partial charge in [-0.25, -0.2) is 0 Å². The topological polar surface area (TPSA) is 23.8 Å². The molecule has 0 radical (unpaired) electrons. The summed E-state index contributed by atoms with van der Waals surface area (Å²) in [5.41, 5.74) is 3.60. The number of hydrogen-bond acceptors (Lipinski definition) is 1. The number of hydrogen-bond donors (Lipinski definition) is 0. The molecule has 1 unspecified atom stereocenters. The molecule has 0 saturated heterocycles. The van der Waals surface area contributed by atoms with E-state index in [1.807, 2.05) is 12.1 Å². The standard InChI is InChI=1S/C12H13N/c1-2-9-6-7-12-10(8-13)4-3-5-11(9)12/h3-5,9H,2,6-7H2,1H3. The molecule has 2 rings (SSSR count). The molecule has 0 bridgehead atoms. The largest absolute Gasteiger partial charge is 0.192 e. The van der Waals surface area contributed by atoms with Crippen molar-refractivity contribution in [3.05, 3.63) is 34.9 Å². The number of fused-ring (bicyclic) bond motifs is 1. The number of benzene rings is 1. The van der Waals surface area contributed by atoms with Crippen LogP contribution < -0.4 is 0 Å². The van der Waals surface area contributed by atoms with E-state index in [2.05, 4.69) is 19.1 Å². The zero-order valence-electron chi connectivity index (χ0n) is 7.88. The summed E-state index contributed by atoms with van der Waals surface area (Å²) in [4.78, 5) is 0. The Hall–Kier alpha value is -1.29. The third-order valence-electron chi connectivity index (χ3n) is 3.01. The number of nitriles is 1. The molecule has 0 spiro atoms. The maximum Gasteiger partial charge on any atom is 0.0994 e. The Labute approximate surface area is 79.0 Å². The fourth-order valence-electron chi connectivity index (χ4n) is 2.27. The quantitative estimate of drug-likeness (QED) is 0.637. The Morgan fingerprint density at radius 2 is 2.38 bits per heavy atom. The highest BCUT2D eigenvalue weighted by Gasteiger charge is 2.22. The van der Waals surface area contributed by atoms with Gasteiger partial charge in [-0.05, 0) is 42.4 Å². The van der Waals surface area contributed by atoms with Gasteiger partial charge in [0.05, 0.1) is 11.6 Å². The summed E-state index contributed by atoms with van der Waals surface area (Å²) >= 11 is 0. The minimum Gasteiger partial charge on any atom is -0.192 e. The van der Waals surface area contributed by atoms with E-state index in [0.29, 0.717) is 5.92 Å². The van der Waals surface area contributed by atoms with Gasteiger partial charge in [0, 0.05) is 0 Å². The summed E-state index contributed by atoms with van der Waals surface area (Å²) < 4.78 is 0. The van der Waals surface area contributed by atoms with Gasteiger partial charge in [-0.3, -0.25) is 0 Å². The van der Waals surface area contributed by atoms with Crippen molar-refractivity contribution in [2.24, 2.45) is 0 Å². The molecular weight excluding hydrogens is 158 g/mol. The van der Waals surface area contributed by atoms with Crippen molar-refractivity contribution in [3.63, 3.8) is 0 Å². The Balaban J connectivity index is 2.50. The molecule has 1 aliphatic carbocycles. The molecule has 0 saturated carbocycles. The van der Waals surface area contributed by atoms with Crippen LogP contribution in [-0.2, 0) is 6.42 Å².